The van der Waals surface area contributed by atoms with Gasteiger partial charge in [-0.3, -0.25) is 4.72 Å². The lowest BCUT2D eigenvalue weighted by Crippen LogP contribution is -2.16. The van der Waals surface area contributed by atoms with Gasteiger partial charge < -0.3 is 9.47 Å². The molecule has 0 radical (unpaired) electrons. The number of thiophene rings is 1. The van der Waals surface area contributed by atoms with Gasteiger partial charge in [-0.15, -0.1) is 11.3 Å². The topological polar surface area (TPSA) is 98.8 Å². The Hall–Kier alpha value is -2.39. The number of carbonyl (C=O) groups is 2. The number of hydrogen-bond donors (Lipinski definition) is 1. The monoisotopic (exact) mass is 383 g/mol. The second-order valence-electron chi connectivity index (χ2n) is 5.18. The number of methoxy groups -OCH3 is 2. The molecule has 1 heterocycles. The summed E-state index contributed by atoms with van der Waals surface area (Å²) in [6.45, 7) is 3.29. The first-order chi connectivity index (χ1) is 11.7. The van der Waals surface area contributed by atoms with E-state index < -0.39 is 22.0 Å². The second kappa shape index (κ2) is 7.24. The van der Waals surface area contributed by atoms with Gasteiger partial charge in [0.15, 0.2) is 4.21 Å². The highest BCUT2D eigenvalue weighted by molar-refractivity contribution is 7.94. The maximum Gasteiger partial charge on any atom is 0.348 e. The minimum Gasteiger partial charge on any atom is -0.465 e. The zero-order valence-electron chi connectivity index (χ0n) is 14.1. The van der Waals surface area contributed by atoms with Gasteiger partial charge in [-0.2, -0.15) is 0 Å². The first-order valence-electron chi connectivity index (χ1n) is 7.10. The van der Waals surface area contributed by atoms with Crippen LogP contribution < -0.4 is 4.72 Å². The van der Waals surface area contributed by atoms with Crippen LogP contribution in [0.3, 0.4) is 0 Å². The van der Waals surface area contributed by atoms with E-state index in [0.717, 1.165) is 12.7 Å². The molecule has 0 saturated heterocycles. The lowest BCUT2D eigenvalue weighted by Gasteiger charge is -2.09. The molecule has 0 saturated carbocycles. The molecule has 0 fully saturated rings. The van der Waals surface area contributed by atoms with Crippen molar-refractivity contribution in [1.29, 1.82) is 0 Å². The zero-order chi connectivity index (χ0) is 18.8. The van der Waals surface area contributed by atoms with E-state index in [9.17, 15) is 18.0 Å². The van der Waals surface area contributed by atoms with Gasteiger partial charge in [0, 0.05) is 5.69 Å². The summed E-state index contributed by atoms with van der Waals surface area (Å²) >= 11 is 0.667. The molecule has 134 valence electrons. The highest BCUT2D eigenvalue weighted by atomic mass is 32.2. The standard InChI is InChI=1S/C16H17NO6S2/c1-9-6-5-7-11(8-9)17-25(20,21)16-12(14(18)22-3)10(2)13(24-16)15(19)23-4/h5-8,17H,1-4H3. The number of nitrogens with one attached hydrogen (secondary N) is 1. The first kappa shape index (κ1) is 18.9. The maximum atomic E-state index is 12.8. The number of benzene rings is 1. The predicted molar refractivity (Wildman–Crippen MR) is 93.7 cm³/mol. The molecule has 2 rings (SSSR count). The van der Waals surface area contributed by atoms with Crippen molar-refractivity contribution >= 4 is 39.0 Å². The Labute approximate surface area is 149 Å². The number of hydrogen-bond acceptors (Lipinski definition) is 7. The van der Waals surface area contributed by atoms with Crippen molar-refractivity contribution in [2.75, 3.05) is 18.9 Å². The molecule has 2 aromatic rings. The fourth-order valence-corrected chi connectivity index (χ4v) is 5.01. The molecule has 0 aliphatic heterocycles. The van der Waals surface area contributed by atoms with Crippen LogP contribution in [0.15, 0.2) is 28.5 Å². The van der Waals surface area contributed by atoms with Gasteiger partial charge in [-0.25, -0.2) is 18.0 Å². The number of rotatable bonds is 5. The largest absolute Gasteiger partial charge is 0.465 e. The van der Waals surface area contributed by atoms with Crippen LogP contribution in [-0.4, -0.2) is 34.6 Å². The van der Waals surface area contributed by atoms with Crippen LogP contribution in [0.4, 0.5) is 5.69 Å². The summed E-state index contributed by atoms with van der Waals surface area (Å²) in [6.07, 6.45) is 0. The zero-order valence-corrected chi connectivity index (χ0v) is 15.7. The number of anilines is 1. The van der Waals surface area contributed by atoms with Crippen LogP contribution in [0.1, 0.15) is 31.2 Å². The summed E-state index contributed by atoms with van der Waals surface area (Å²) in [5.74, 6) is -1.56. The van der Waals surface area contributed by atoms with Crippen molar-refractivity contribution in [1.82, 2.24) is 0 Å². The van der Waals surface area contributed by atoms with Crippen LogP contribution in [0.5, 0.6) is 0 Å². The fourth-order valence-electron chi connectivity index (χ4n) is 2.21. The molecule has 7 nitrogen and oxygen atoms in total. The average molecular weight is 383 g/mol. The van der Waals surface area contributed by atoms with Crippen LogP contribution in [0.2, 0.25) is 0 Å². The van der Waals surface area contributed by atoms with Gasteiger partial charge in [0.1, 0.15) is 4.88 Å². The van der Waals surface area contributed by atoms with Crippen molar-refractivity contribution in [3.05, 3.63) is 45.8 Å². The molecule has 0 spiro atoms. The van der Waals surface area contributed by atoms with E-state index in [0.29, 0.717) is 17.0 Å². The van der Waals surface area contributed by atoms with Gasteiger partial charge in [-0.05, 0) is 37.1 Å². The molecular weight excluding hydrogens is 366 g/mol. The summed E-state index contributed by atoms with van der Waals surface area (Å²) in [7, 11) is -1.78. The molecule has 0 aliphatic carbocycles. The average Bonchev–Trinajstić information content (AvgIpc) is 2.91. The number of aryl methyl sites for hydroxylation is 1. The molecule has 0 aliphatic rings. The normalized spacial score (nSPS) is 11.0. The van der Waals surface area contributed by atoms with Gasteiger partial charge in [0.2, 0.25) is 0 Å². The molecule has 1 aromatic carbocycles. The Kier molecular flexibility index (Phi) is 5.48. The minimum absolute atomic E-state index is 0.0347. The molecule has 1 aromatic heterocycles. The van der Waals surface area contributed by atoms with Crippen molar-refractivity contribution in [3.63, 3.8) is 0 Å². The number of esters is 2. The molecular formula is C16H17NO6S2. The molecule has 25 heavy (non-hydrogen) atoms. The van der Waals surface area contributed by atoms with Crippen molar-refractivity contribution in [3.8, 4) is 0 Å². The SMILES string of the molecule is COC(=O)c1sc(S(=O)(=O)Nc2cccc(C)c2)c(C(=O)OC)c1C. The summed E-state index contributed by atoms with van der Waals surface area (Å²) < 4.78 is 37.0. The second-order valence-corrected chi connectivity index (χ2v) is 8.08. The van der Waals surface area contributed by atoms with Crippen LogP contribution in [-0.2, 0) is 19.5 Å². The molecule has 0 unspecified atom stereocenters. The van der Waals surface area contributed by atoms with Gasteiger partial charge in [0.05, 0.1) is 19.8 Å². The third-order valence-electron chi connectivity index (χ3n) is 3.39. The fraction of sp³-hybridized carbons (Fsp3) is 0.250. The highest BCUT2D eigenvalue weighted by Gasteiger charge is 2.32. The van der Waals surface area contributed by atoms with E-state index in [1.54, 1.807) is 18.2 Å². The Morgan fingerprint density at radius 3 is 2.28 bits per heavy atom. The van der Waals surface area contributed by atoms with E-state index in [4.69, 9.17) is 0 Å². The van der Waals surface area contributed by atoms with Crippen molar-refractivity contribution < 1.29 is 27.5 Å². The van der Waals surface area contributed by atoms with Crippen molar-refractivity contribution in [2.24, 2.45) is 0 Å². The maximum absolute atomic E-state index is 12.8. The quantitative estimate of drug-likeness (QED) is 0.797. The Morgan fingerprint density at radius 1 is 1.08 bits per heavy atom. The van der Waals surface area contributed by atoms with Gasteiger partial charge in [0.25, 0.3) is 10.0 Å². The van der Waals surface area contributed by atoms with E-state index in [1.807, 2.05) is 13.0 Å². The van der Waals surface area contributed by atoms with Crippen molar-refractivity contribution in [2.45, 2.75) is 18.1 Å². The highest BCUT2D eigenvalue weighted by Crippen LogP contribution is 2.34. The number of carbonyl (C=O) groups excluding carboxylic acids is 2. The summed E-state index contributed by atoms with van der Waals surface area (Å²) in [5, 5.41) is 0. The van der Waals surface area contributed by atoms with Crippen LogP contribution in [0.25, 0.3) is 0 Å². The van der Waals surface area contributed by atoms with E-state index in [-0.39, 0.29) is 20.2 Å². The molecule has 0 atom stereocenters. The van der Waals surface area contributed by atoms with E-state index >= 15 is 0 Å². The summed E-state index contributed by atoms with van der Waals surface area (Å²) in [4.78, 5) is 24.0. The van der Waals surface area contributed by atoms with E-state index in [1.165, 1.54) is 14.0 Å². The molecule has 9 heteroatoms. The summed E-state index contributed by atoms with van der Waals surface area (Å²) in [6, 6.07) is 6.76. The third-order valence-corrected chi connectivity index (χ3v) is 6.56. The minimum atomic E-state index is -4.10. The first-order valence-corrected chi connectivity index (χ1v) is 9.40. The Morgan fingerprint density at radius 2 is 1.72 bits per heavy atom. The van der Waals surface area contributed by atoms with Gasteiger partial charge in [-0.1, -0.05) is 12.1 Å². The predicted octanol–water partition coefficient (Wildman–Crippen LogP) is 2.74. The van der Waals surface area contributed by atoms with Gasteiger partial charge >= 0.3 is 11.9 Å². The number of ether oxygens (including phenoxy) is 2. The summed E-state index contributed by atoms with van der Waals surface area (Å²) in [5.41, 5.74) is 1.24. The van der Waals surface area contributed by atoms with Crippen LogP contribution >= 0.6 is 11.3 Å². The third kappa shape index (κ3) is 3.83. The lowest BCUT2D eigenvalue weighted by molar-refractivity contribution is 0.0596. The van der Waals surface area contributed by atoms with Crippen LogP contribution in [0, 0.1) is 13.8 Å². The Bertz CT molecular complexity index is 930. The molecule has 1 N–H and O–H groups in total. The lowest BCUT2D eigenvalue weighted by atomic mass is 10.2. The Balaban J connectivity index is 2.59. The van der Waals surface area contributed by atoms with E-state index in [2.05, 4.69) is 14.2 Å². The molecule has 0 bridgehead atoms. The molecule has 0 amide bonds. The number of sulfonamides is 1. The smallest absolute Gasteiger partial charge is 0.348 e.